The minimum atomic E-state index is -0.402. The summed E-state index contributed by atoms with van der Waals surface area (Å²) in [5, 5.41) is 9.39. The lowest BCUT2D eigenvalue weighted by Crippen LogP contribution is -2.47. The first-order valence-corrected chi connectivity index (χ1v) is 5.50. The first kappa shape index (κ1) is 11.1. The zero-order valence-corrected chi connectivity index (χ0v) is 9.39. The van der Waals surface area contributed by atoms with E-state index in [0.29, 0.717) is 5.56 Å². The Kier molecular flexibility index (Phi) is 2.92. The van der Waals surface area contributed by atoms with Crippen molar-refractivity contribution in [3.63, 3.8) is 0 Å². The van der Waals surface area contributed by atoms with E-state index in [1.54, 1.807) is 29.4 Å². The van der Waals surface area contributed by atoms with Gasteiger partial charge in [0.05, 0.1) is 12.1 Å². The van der Waals surface area contributed by atoms with Crippen LogP contribution < -0.4 is 0 Å². The van der Waals surface area contributed by atoms with Crippen LogP contribution in [0.15, 0.2) is 24.5 Å². The van der Waals surface area contributed by atoms with Crippen molar-refractivity contribution in [2.45, 2.75) is 25.3 Å². The van der Waals surface area contributed by atoms with Crippen molar-refractivity contribution < 1.29 is 9.90 Å². The number of likely N-dealkylation sites (tertiary alicyclic amines) is 1. The van der Waals surface area contributed by atoms with E-state index >= 15 is 0 Å². The largest absolute Gasteiger partial charge is 0.394 e. The van der Waals surface area contributed by atoms with Gasteiger partial charge in [0.2, 0.25) is 0 Å². The van der Waals surface area contributed by atoms with Crippen molar-refractivity contribution in [2.75, 3.05) is 13.2 Å². The molecule has 0 spiro atoms. The summed E-state index contributed by atoms with van der Waals surface area (Å²) in [6.45, 7) is 2.67. The van der Waals surface area contributed by atoms with Crippen LogP contribution in [0.3, 0.4) is 0 Å². The standard InChI is InChI=1S/C12H16N2O2/c1-12(9-15)5-2-8-14(12)11(16)10-3-6-13-7-4-10/h3-4,6-7,15H,2,5,8-9H2,1H3/t12-/m1/s1. The molecule has 0 radical (unpaired) electrons. The molecule has 0 aliphatic carbocycles. The fourth-order valence-corrected chi connectivity index (χ4v) is 2.18. The van der Waals surface area contributed by atoms with Crippen molar-refractivity contribution in [1.82, 2.24) is 9.88 Å². The Morgan fingerprint density at radius 3 is 2.88 bits per heavy atom. The number of aliphatic hydroxyl groups is 1. The van der Waals surface area contributed by atoms with Gasteiger partial charge in [-0.1, -0.05) is 0 Å². The summed E-state index contributed by atoms with van der Waals surface area (Å²) in [7, 11) is 0. The predicted octanol–water partition coefficient (Wildman–Crippen LogP) is 1.07. The Morgan fingerprint density at radius 1 is 1.56 bits per heavy atom. The van der Waals surface area contributed by atoms with Gasteiger partial charge < -0.3 is 10.0 Å². The van der Waals surface area contributed by atoms with Crippen LogP contribution in [0.4, 0.5) is 0 Å². The number of pyridine rings is 1. The summed E-state index contributed by atoms with van der Waals surface area (Å²) in [5.41, 5.74) is 0.233. The topological polar surface area (TPSA) is 53.4 Å². The molecule has 1 aromatic rings. The number of rotatable bonds is 2. The Balaban J connectivity index is 2.23. The maximum atomic E-state index is 12.2. The smallest absolute Gasteiger partial charge is 0.254 e. The monoisotopic (exact) mass is 220 g/mol. The SMILES string of the molecule is C[C@]1(CO)CCCN1C(=O)c1ccncc1. The van der Waals surface area contributed by atoms with Gasteiger partial charge in [0.15, 0.2) is 0 Å². The number of nitrogens with zero attached hydrogens (tertiary/aromatic N) is 2. The maximum absolute atomic E-state index is 12.2. The second-order valence-corrected chi connectivity index (χ2v) is 4.45. The molecule has 0 aromatic carbocycles. The molecule has 4 nitrogen and oxygen atoms in total. The van der Waals surface area contributed by atoms with E-state index in [1.807, 2.05) is 6.92 Å². The summed E-state index contributed by atoms with van der Waals surface area (Å²) in [6, 6.07) is 3.41. The minimum absolute atomic E-state index is 0.0172. The average molecular weight is 220 g/mol. The second kappa shape index (κ2) is 4.22. The van der Waals surface area contributed by atoms with Crippen molar-refractivity contribution in [3.05, 3.63) is 30.1 Å². The number of aromatic nitrogens is 1. The van der Waals surface area contributed by atoms with Crippen molar-refractivity contribution in [3.8, 4) is 0 Å². The molecule has 1 amide bonds. The van der Waals surface area contributed by atoms with Crippen LogP contribution >= 0.6 is 0 Å². The molecule has 0 unspecified atom stereocenters. The van der Waals surface area contributed by atoms with Gasteiger partial charge in [-0.25, -0.2) is 0 Å². The molecule has 2 rings (SSSR count). The molecular formula is C12H16N2O2. The number of hydrogen-bond donors (Lipinski definition) is 1. The van der Waals surface area contributed by atoms with Gasteiger partial charge in [-0.3, -0.25) is 9.78 Å². The number of hydrogen-bond acceptors (Lipinski definition) is 3. The molecule has 2 heterocycles. The van der Waals surface area contributed by atoms with Gasteiger partial charge in [-0.2, -0.15) is 0 Å². The van der Waals surface area contributed by atoms with Crippen LogP contribution in [0.1, 0.15) is 30.1 Å². The summed E-state index contributed by atoms with van der Waals surface area (Å²) in [6.07, 6.45) is 5.04. The fourth-order valence-electron chi connectivity index (χ4n) is 2.18. The third kappa shape index (κ3) is 1.80. The Labute approximate surface area is 94.9 Å². The molecule has 16 heavy (non-hydrogen) atoms. The lowest BCUT2D eigenvalue weighted by atomic mass is 10.00. The average Bonchev–Trinajstić information content (AvgIpc) is 2.72. The van der Waals surface area contributed by atoms with Crippen LogP contribution in [0, 0.1) is 0 Å². The van der Waals surface area contributed by atoms with Gasteiger partial charge in [-0.05, 0) is 31.9 Å². The summed E-state index contributed by atoms with van der Waals surface area (Å²) >= 11 is 0. The zero-order valence-electron chi connectivity index (χ0n) is 9.39. The summed E-state index contributed by atoms with van der Waals surface area (Å²) in [5.74, 6) is -0.0172. The van der Waals surface area contributed by atoms with Gasteiger partial charge in [0.25, 0.3) is 5.91 Å². The lowest BCUT2D eigenvalue weighted by Gasteiger charge is -2.33. The molecule has 0 bridgehead atoms. The number of aliphatic hydroxyl groups excluding tert-OH is 1. The highest BCUT2D eigenvalue weighted by molar-refractivity contribution is 5.94. The highest BCUT2D eigenvalue weighted by atomic mass is 16.3. The molecule has 1 aromatic heterocycles. The maximum Gasteiger partial charge on any atom is 0.254 e. The van der Waals surface area contributed by atoms with E-state index in [4.69, 9.17) is 0 Å². The van der Waals surface area contributed by atoms with Crippen molar-refractivity contribution >= 4 is 5.91 Å². The summed E-state index contributed by atoms with van der Waals surface area (Å²) < 4.78 is 0. The van der Waals surface area contributed by atoms with E-state index < -0.39 is 5.54 Å². The van der Waals surface area contributed by atoms with Crippen LogP contribution in [0.25, 0.3) is 0 Å². The quantitative estimate of drug-likeness (QED) is 0.811. The normalized spacial score (nSPS) is 24.8. The van der Waals surface area contributed by atoms with Crippen LogP contribution in [-0.2, 0) is 0 Å². The fraction of sp³-hybridized carbons (Fsp3) is 0.500. The van der Waals surface area contributed by atoms with Crippen LogP contribution in [0.2, 0.25) is 0 Å². The van der Waals surface area contributed by atoms with Gasteiger partial charge >= 0.3 is 0 Å². The van der Waals surface area contributed by atoms with Gasteiger partial charge in [0.1, 0.15) is 0 Å². The Morgan fingerprint density at radius 2 is 2.25 bits per heavy atom. The molecule has 1 aliphatic rings. The lowest BCUT2D eigenvalue weighted by molar-refractivity contribution is 0.0473. The first-order chi connectivity index (χ1) is 7.67. The highest BCUT2D eigenvalue weighted by Crippen LogP contribution is 2.29. The third-order valence-corrected chi connectivity index (χ3v) is 3.26. The molecule has 1 saturated heterocycles. The highest BCUT2D eigenvalue weighted by Gasteiger charge is 2.39. The van der Waals surface area contributed by atoms with E-state index in [0.717, 1.165) is 19.4 Å². The molecule has 4 heteroatoms. The number of carbonyl (C=O) groups is 1. The molecule has 1 fully saturated rings. The zero-order chi connectivity index (χ0) is 11.6. The molecule has 1 atom stereocenters. The molecular weight excluding hydrogens is 204 g/mol. The minimum Gasteiger partial charge on any atom is -0.394 e. The molecule has 1 N–H and O–H groups in total. The van der Waals surface area contributed by atoms with Gasteiger partial charge in [0, 0.05) is 24.5 Å². The number of amides is 1. The molecule has 1 aliphatic heterocycles. The number of carbonyl (C=O) groups excluding carboxylic acids is 1. The second-order valence-electron chi connectivity index (χ2n) is 4.45. The molecule has 86 valence electrons. The van der Waals surface area contributed by atoms with E-state index in [2.05, 4.69) is 4.98 Å². The Bertz CT molecular complexity index is 380. The van der Waals surface area contributed by atoms with Crippen molar-refractivity contribution in [1.29, 1.82) is 0 Å². The first-order valence-electron chi connectivity index (χ1n) is 5.50. The summed E-state index contributed by atoms with van der Waals surface area (Å²) in [4.78, 5) is 17.9. The molecule has 0 saturated carbocycles. The Hall–Kier alpha value is -1.42. The van der Waals surface area contributed by atoms with E-state index in [1.165, 1.54) is 0 Å². The van der Waals surface area contributed by atoms with Gasteiger partial charge in [-0.15, -0.1) is 0 Å². The van der Waals surface area contributed by atoms with E-state index in [9.17, 15) is 9.90 Å². The van der Waals surface area contributed by atoms with Crippen LogP contribution in [-0.4, -0.2) is 39.6 Å². The predicted molar refractivity (Wildman–Crippen MR) is 60.0 cm³/mol. The van der Waals surface area contributed by atoms with Crippen LogP contribution in [0.5, 0.6) is 0 Å². The van der Waals surface area contributed by atoms with E-state index in [-0.39, 0.29) is 12.5 Å². The van der Waals surface area contributed by atoms with Crippen molar-refractivity contribution in [2.24, 2.45) is 0 Å². The third-order valence-electron chi connectivity index (χ3n) is 3.26.